The molecule has 3 heterocycles. The van der Waals surface area contributed by atoms with E-state index >= 15 is 0 Å². The Hall–Kier alpha value is -1.26. The van der Waals surface area contributed by atoms with Crippen LogP contribution in [0.2, 0.25) is 5.28 Å². The van der Waals surface area contributed by atoms with Gasteiger partial charge in [-0.25, -0.2) is 0 Å². The smallest absolute Gasteiger partial charge is 0.231 e. The lowest BCUT2D eigenvalue weighted by Gasteiger charge is -2.36. The van der Waals surface area contributed by atoms with Crippen LogP contribution in [0.25, 0.3) is 0 Å². The first-order valence-electron chi connectivity index (χ1n) is 7.84. The van der Waals surface area contributed by atoms with Crippen LogP contribution in [0, 0.1) is 0 Å². The van der Waals surface area contributed by atoms with Crippen molar-refractivity contribution in [3.05, 3.63) is 5.28 Å². The van der Waals surface area contributed by atoms with E-state index in [1.165, 1.54) is 0 Å². The predicted octanol–water partition coefficient (Wildman–Crippen LogP) is -1.75. The highest BCUT2D eigenvalue weighted by Gasteiger charge is 2.28. The number of piperidine rings is 2. The molecule has 2 saturated heterocycles. The van der Waals surface area contributed by atoms with E-state index in [1.807, 2.05) is 9.80 Å². The van der Waals surface area contributed by atoms with Gasteiger partial charge < -0.3 is 32.7 Å². The minimum atomic E-state index is -0.00503. The van der Waals surface area contributed by atoms with Gasteiger partial charge in [-0.2, -0.15) is 15.0 Å². The number of nitrogens with zero attached hydrogens (tertiary/aromatic N) is 5. The average molecular weight is 342 g/mol. The second-order valence-electron chi connectivity index (χ2n) is 6.53. The highest BCUT2D eigenvalue weighted by molar-refractivity contribution is 6.28. The molecule has 9 nitrogen and oxygen atoms in total. The summed E-state index contributed by atoms with van der Waals surface area (Å²) in [6, 6.07) is -0.0201. The van der Waals surface area contributed by atoms with Crippen molar-refractivity contribution < 1.29 is 0 Å². The summed E-state index contributed by atoms with van der Waals surface area (Å²) in [4.78, 5) is 16.9. The van der Waals surface area contributed by atoms with Crippen LogP contribution in [-0.2, 0) is 0 Å². The lowest BCUT2D eigenvalue weighted by atomic mass is 10.0. The van der Waals surface area contributed by atoms with Crippen LogP contribution in [0.1, 0.15) is 12.8 Å². The van der Waals surface area contributed by atoms with Gasteiger partial charge in [-0.3, -0.25) is 0 Å². The average Bonchev–Trinajstić information content (AvgIpc) is 2.44. The molecule has 0 spiro atoms. The topological polar surface area (TPSA) is 149 Å². The second-order valence-corrected chi connectivity index (χ2v) is 6.86. The molecule has 10 heteroatoms. The van der Waals surface area contributed by atoms with Gasteiger partial charge in [0.05, 0.1) is 0 Å². The third kappa shape index (κ3) is 3.99. The summed E-state index contributed by atoms with van der Waals surface area (Å²) in [5.41, 5.74) is 24.2. The van der Waals surface area contributed by atoms with Gasteiger partial charge in [0.1, 0.15) is 0 Å². The van der Waals surface area contributed by atoms with Crippen LogP contribution >= 0.6 is 11.6 Å². The van der Waals surface area contributed by atoms with Gasteiger partial charge in [0.25, 0.3) is 0 Å². The zero-order valence-corrected chi connectivity index (χ0v) is 13.7. The first-order valence-corrected chi connectivity index (χ1v) is 8.22. The number of nitrogens with two attached hydrogens (primary N) is 4. The maximum absolute atomic E-state index is 6.09. The Kier molecular flexibility index (Phi) is 4.83. The molecule has 128 valence electrons. The first-order chi connectivity index (χ1) is 10.9. The monoisotopic (exact) mass is 341 g/mol. The van der Waals surface area contributed by atoms with Crippen molar-refractivity contribution in [3.63, 3.8) is 0 Å². The van der Waals surface area contributed by atoms with Crippen molar-refractivity contribution >= 4 is 23.5 Å². The molecule has 2 aliphatic heterocycles. The number of rotatable bonds is 2. The van der Waals surface area contributed by atoms with Gasteiger partial charge in [0, 0.05) is 50.3 Å². The molecule has 23 heavy (non-hydrogen) atoms. The van der Waals surface area contributed by atoms with Crippen LogP contribution in [-0.4, -0.2) is 65.3 Å². The van der Waals surface area contributed by atoms with Gasteiger partial charge in [-0.15, -0.1) is 0 Å². The molecule has 1 aromatic rings. The molecular weight excluding hydrogens is 318 g/mol. The van der Waals surface area contributed by atoms with Crippen molar-refractivity contribution in [1.82, 2.24) is 15.0 Å². The predicted molar refractivity (Wildman–Crippen MR) is 90.4 cm³/mol. The van der Waals surface area contributed by atoms with Crippen molar-refractivity contribution in [1.29, 1.82) is 0 Å². The van der Waals surface area contributed by atoms with Crippen molar-refractivity contribution in [2.45, 2.75) is 37.0 Å². The minimum absolute atomic E-state index is 0.00503. The molecule has 0 bridgehead atoms. The van der Waals surface area contributed by atoms with Crippen LogP contribution < -0.4 is 32.7 Å². The molecular formula is C13H24ClN9. The molecule has 2 fully saturated rings. The summed E-state index contributed by atoms with van der Waals surface area (Å²) in [5.74, 6) is 0.997. The summed E-state index contributed by atoms with van der Waals surface area (Å²) in [6.45, 7) is 2.58. The number of anilines is 2. The lowest BCUT2D eigenvalue weighted by molar-refractivity contribution is 0.441. The SMILES string of the molecule is N[C@@H]1C[C@H](N)CN(c2nc(Cl)nc(N3C[C@H](N)C[C@H](N)C3)n2)C1. The summed E-state index contributed by atoms with van der Waals surface area (Å²) in [7, 11) is 0. The third-order valence-electron chi connectivity index (χ3n) is 4.18. The summed E-state index contributed by atoms with van der Waals surface area (Å²) < 4.78 is 0. The van der Waals surface area contributed by atoms with Crippen LogP contribution in [0.3, 0.4) is 0 Å². The molecule has 3 rings (SSSR count). The van der Waals surface area contributed by atoms with Crippen LogP contribution in [0.5, 0.6) is 0 Å². The second kappa shape index (κ2) is 6.70. The maximum Gasteiger partial charge on any atom is 0.231 e. The van der Waals surface area contributed by atoms with E-state index in [0.29, 0.717) is 38.1 Å². The van der Waals surface area contributed by atoms with E-state index in [-0.39, 0.29) is 29.5 Å². The number of aromatic nitrogens is 3. The van der Waals surface area contributed by atoms with Gasteiger partial charge >= 0.3 is 0 Å². The Balaban J connectivity index is 1.84. The lowest BCUT2D eigenvalue weighted by Crippen LogP contribution is -2.54. The highest BCUT2D eigenvalue weighted by Crippen LogP contribution is 2.21. The third-order valence-corrected chi connectivity index (χ3v) is 4.35. The van der Waals surface area contributed by atoms with Crippen LogP contribution in [0.15, 0.2) is 0 Å². The molecule has 8 N–H and O–H groups in total. The Morgan fingerprint density at radius 1 is 0.696 bits per heavy atom. The fraction of sp³-hybridized carbons (Fsp3) is 0.769. The summed E-state index contributed by atoms with van der Waals surface area (Å²) in [6.07, 6.45) is 1.58. The minimum Gasteiger partial charge on any atom is -0.338 e. The Morgan fingerprint density at radius 3 is 1.39 bits per heavy atom. The van der Waals surface area contributed by atoms with Crippen molar-refractivity contribution in [3.8, 4) is 0 Å². The first kappa shape index (κ1) is 16.6. The van der Waals surface area contributed by atoms with E-state index < -0.39 is 0 Å². The molecule has 1 aromatic heterocycles. The molecule has 4 atom stereocenters. The molecule has 0 unspecified atom stereocenters. The number of halogens is 1. The fourth-order valence-electron chi connectivity index (χ4n) is 3.30. The zero-order chi connectivity index (χ0) is 16.6. The van der Waals surface area contributed by atoms with E-state index in [9.17, 15) is 0 Å². The molecule has 0 saturated carbocycles. The number of hydrogen-bond acceptors (Lipinski definition) is 9. The van der Waals surface area contributed by atoms with E-state index in [4.69, 9.17) is 34.5 Å². The summed E-state index contributed by atoms with van der Waals surface area (Å²) >= 11 is 6.09. The van der Waals surface area contributed by atoms with Crippen molar-refractivity contribution in [2.75, 3.05) is 36.0 Å². The Bertz CT molecular complexity index is 492. The quantitative estimate of drug-likeness (QED) is 0.491. The normalized spacial score (nSPS) is 32.2. The largest absolute Gasteiger partial charge is 0.338 e. The summed E-state index contributed by atoms with van der Waals surface area (Å²) in [5, 5.41) is 0.144. The zero-order valence-electron chi connectivity index (χ0n) is 13.0. The van der Waals surface area contributed by atoms with Gasteiger partial charge in [0.2, 0.25) is 17.2 Å². The Morgan fingerprint density at radius 2 is 1.04 bits per heavy atom. The maximum atomic E-state index is 6.09. The molecule has 0 aliphatic carbocycles. The molecule has 2 aliphatic rings. The number of hydrogen-bond donors (Lipinski definition) is 4. The van der Waals surface area contributed by atoms with Crippen LogP contribution in [0.4, 0.5) is 11.9 Å². The van der Waals surface area contributed by atoms with Gasteiger partial charge in [-0.05, 0) is 24.4 Å². The standard InChI is InChI=1S/C13H24ClN9/c14-11-19-12(22-3-7(15)1-8(16)4-22)21-13(20-11)23-5-9(17)2-10(18)6-23/h7-10H,1-6,15-18H2/t7-,8+,9-,10+. The van der Waals surface area contributed by atoms with Gasteiger partial charge in [-0.1, -0.05) is 0 Å². The van der Waals surface area contributed by atoms with E-state index in [1.54, 1.807) is 0 Å². The van der Waals surface area contributed by atoms with Gasteiger partial charge in [0.15, 0.2) is 0 Å². The molecule has 0 radical (unpaired) electrons. The fourth-order valence-corrected chi connectivity index (χ4v) is 3.45. The van der Waals surface area contributed by atoms with E-state index in [0.717, 1.165) is 12.8 Å². The van der Waals surface area contributed by atoms with Crippen molar-refractivity contribution in [2.24, 2.45) is 22.9 Å². The highest BCUT2D eigenvalue weighted by atomic mass is 35.5. The molecule has 0 amide bonds. The molecule has 0 aromatic carbocycles. The Labute approximate surface area is 140 Å². The van der Waals surface area contributed by atoms with E-state index in [2.05, 4.69) is 15.0 Å².